The lowest BCUT2D eigenvalue weighted by atomic mass is 10.2. The van der Waals surface area contributed by atoms with Gasteiger partial charge in [-0.05, 0) is 31.6 Å². The number of hydrogen-bond donors (Lipinski definition) is 0. The van der Waals surface area contributed by atoms with Crippen LogP contribution < -0.4 is 0 Å². The van der Waals surface area contributed by atoms with Crippen LogP contribution in [0.25, 0.3) is 0 Å². The highest BCUT2D eigenvalue weighted by Gasteiger charge is 2.34. The van der Waals surface area contributed by atoms with E-state index in [-0.39, 0.29) is 6.10 Å². The smallest absolute Gasteiger partial charge is 0.120 e. The number of hydrogen-bond acceptors (Lipinski definition) is 2. The van der Waals surface area contributed by atoms with Crippen LogP contribution in [0.1, 0.15) is 26.2 Å². The van der Waals surface area contributed by atoms with Gasteiger partial charge in [0, 0.05) is 15.9 Å². The van der Waals surface area contributed by atoms with Crippen molar-refractivity contribution >= 4 is 15.8 Å². The van der Waals surface area contributed by atoms with E-state index in [0.717, 1.165) is 25.0 Å². The van der Waals surface area contributed by atoms with E-state index < -0.39 is 0 Å². The molecule has 0 heterocycles. The van der Waals surface area contributed by atoms with E-state index in [1.807, 2.05) is 19.1 Å². The van der Waals surface area contributed by atoms with Crippen LogP contribution in [0.2, 0.25) is 0 Å². The van der Waals surface area contributed by atoms with Crippen LogP contribution in [0.5, 0.6) is 0 Å². The average Bonchev–Trinajstić information content (AvgIpc) is 2.96. The SMILES string of the molecule is CC(/C=C/C=C/CC1CC1CC=O)OP. The second-order valence-corrected chi connectivity index (χ2v) is 4.32. The standard InChI is InChI=1S/C12H19O2P/c1-10(14-15)5-3-2-4-6-11-9-12(11)7-8-13/h2-5,8,10-12H,6-7,9,15H2,1H3/b4-2+,5-3+. The van der Waals surface area contributed by atoms with E-state index in [1.165, 1.54) is 6.42 Å². The van der Waals surface area contributed by atoms with Crippen molar-refractivity contribution in [3.63, 3.8) is 0 Å². The lowest BCUT2D eigenvalue weighted by molar-refractivity contribution is -0.108. The Labute approximate surface area is 94.1 Å². The Bertz CT molecular complexity index is 248. The Hall–Kier alpha value is -0.460. The Morgan fingerprint density at radius 2 is 2.13 bits per heavy atom. The largest absolute Gasteiger partial charge is 0.359 e. The van der Waals surface area contributed by atoms with Gasteiger partial charge in [-0.2, -0.15) is 0 Å². The Morgan fingerprint density at radius 3 is 2.80 bits per heavy atom. The van der Waals surface area contributed by atoms with Gasteiger partial charge in [0.25, 0.3) is 0 Å². The fraction of sp³-hybridized carbons (Fsp3) is 0.583. The maximum atomic E-state index is 10.2. The summed E-state index contributed by atoms with van der Waals surface area (Å²) in [5, 5.41) is 0. The lowest BCUT2D eigenvalue weighted by Gasteiger charge is -1.98. The quantitative estimate of drug-likeness (QED) is 0.379. The van der Waals surface area contributed by atoms with Crippen LogP contribution in [-0.4, -0.2) is 12.4 Å². The maximum Gasteiger partial charge on any atom is 0.120 e. The van der Waals surface area contributed by atoms with Crippen molar-refractivity contribution in [2.75, 3.05) is 0 Å². The van der Waals surface area contributed by atoms with Crippen molar-refractivity contribution in [2.24, 2.45) is 11.8 Å². The number of aldehydes is 1. The van der Waals surface area contributed by atoms with Gasteiger partial charge >= 0.3 is 0 Å². The van der Waals surface area contributed by atoms with Gasteiger partial charge in [-0.3, -0.25) is 0 Å². The summed E-state index contributed by atoms with van der Waals surface area (Å²) in [6.07, 6.45) is 12.5. The molecule has 1 saturated carbocycles. The first-order chi connectivity index (χ1) is 7.27. The summed E-state index contributed by atoms with van der Waals surface area (Å²) in [4.78, 5) is 10.2. The predicted octanol–water partition coefficient (Wildman–Crippen LogP) is 2.91. The predicted molar refractivity (Wildman–Crippen MR) is 65.4 cm³/mol. The van der Waals surface area contributed by atoms with Gasteiger partial charge in [0.1, 0.15) is 6.29 Å². The van der Waals surface area contributed by atoms with E-state index in [4.69, 9.17) is 4.52 Å². The molecule has 0 bridgehead atoms. The Morgan fingerprint density at radius 1 is 1.40 bits per heavy atom. The van der Waals surface area contributed by atoms with E-state index in [2.05, 4.69) is 21.6 Å². The van der Waals surface area contributed by atoms with Crippen LogP contribution in [0.4, 0.5) is 0 Å². The summed E-state index contributed by atoms with van der Waals surface area (Å²) < 4.78 is 5.00. The Kier molecular flexibility index (Phi) is 5.82. The molecule has 0 aliphatic heterocycles. The van der Waals surface area contributed by atoms with Crippen LogP contribution in [0.3, 0.4) is 0 Å². The molecule has 0 aromatic heterocycles. The molecule has 84 valence electrons. The molecular weight excluding hydrogens is 207 g/mol. The molecule has 0 N–H and O–H groups in total. The van der Waals surface area contributed by atoms with Crippen LogP contribution in [0.15, 0.2) is 24.3 Å². The molecule has 0 saturated heterocycles. The Balaban J connectivity index is 2.08. The minimum Gasteiger partial charge on any atom is -0.359 e. The zero-order valence-electron chi connectivity index (χ0n) is 9.13. The van der Waals surface area contributed by atoms with Gasteiger partial charge in [-0.1, -0.05) is 24.3 Å². The van der Waals surface area contributed by atoms with Crippen molar-refractivity contribution in [1.29, 1.82) is 0 Å². The molecule has 15 heavy (non-hydrogen) atoms. The third-order valence-electron chi connectivity index (χ3n) is 2.75. The van der Waals surface area contributed by atoms with Gasteiger partial charge in [-0.25, -0.2) is 0 Å². The molecule has 3 heteroatoms. The first kappa shape index (κ1) is 12.6. The fourth-order valence-corrected chi connectivity index (χ4v) is 1.70. The van der Waals surface area contributed by atoms with Crippen LogP contribution >= 0.6 is 9.47 Å². The normalized spacial score (nSPS) is 27.3. The molecule has 1 fully saturated rings. The van der Waals surface area contributed by atoms with Crippen molar-refractivity contribution in [2.45, 2.75) is 32.3 Å². The highest BCUT2D eigenvalue weighted by atomic mass is 31.0. The topological polar surface area (TPSA) is 26.3 Å². The van der Waals surface area contributed by atoms with E-state index in [1.54, 1.807) is 0 Å². The van der Waals surface area contributed by atoms with Crippen molar-refractivity contribution in [3.05, 3.63) is 24.3 Å². The summed E-state index contributed by atoms with van der Waals surface area (Å²) in [6, 6.07) is 0. The van der Waals surface area contributed by atoms with Gasteiger partial charge < -0.3 is 9.32 Å². The molecule has 0 amide bonds. The molecule has 2 nitrogen and oxygen atoms in total. The third kappa shape index (κ3) is 5.25. The number of carbonyl (C=O) groups excluding carboxylic acids is 1. The minimum atomic E-state index is 0.142. The fourth-order valence-electron chi connectivity index (χ4n) is 1.61. The number of rotatable bonds is 7. The highest BCUT2D eigenvalue weighted by molar-refractivity contribution is 7.09. The minimum absolute atomic E-state index is 0.142. The molecule has 0 aromatic rings. The van der Waals surface area contributed by atoms with Gasteiger partial charge in [0.2, 0.25) is 0 Å². The molecule has 0 radical (unpaired) electrons. The van der Waals surface area contributed by atoms with E-state index >= 15 is 0 Å². The van der Waals surface area contributed by atoms with E-state index in [9.17, 15) is 4.79 Å². The molecular formula is C12H19O2P. The monoisotopic (exact) mass is 226 g/mol. The summed E-state index contributed by atoms with van der Waals surface area (Å²) in [7, 11) is 2.25. The van der Waals surface area contributed by atoms with Crippen LogP contribution in [-0.2, 0) is 9.32 Å². The van der Waals surface area contributed by atoms with Crippen molar-refractivity contribution in [1.82, 2.24) is 0 Å². The number of allylic oxidation sites excluding steroid dienone is 3. The second kappa shape index (κ2) is 6.92. The molecule has 1 aliphatic carbocycles. The molecule has 4 atom stereocenters. The van der Waals surface area contributed by atoms with E-state index in [0.29, 0.717) is 5.92 Å². The molecule has 0 aromatic carbocycles. The van der Waals surface area contributed by atoms with Gasteiger partial charge in [0.15, 0.2) is 0 Å². The molecule has 4 unspecified atom stereocenters. The summed E-state index contributed by atoms with van der Waals surface area (Å²) in [5.74, 6) is 1.40. The molecule has 0 spiro atoms. The zero-order chi connectivity index (χ0) is 11.1. The van der Waals surface area contributed by atoms with Crippen molar-refractivity contribution in [3.8, 4) is 0 Å². The zero-order valence-corrected chi connectivity index (χ0v) is 10.3. The molecule has 1 aliphatic rings. The van der Waals surface area contributed by atoms with Crippen molar-refractivity contribution < 1.29 is 9.32 Å². The van der Waals surface area contributed by atoms with Gasteiger partial charge in [-0.15, -0.1) is 0 Å². The third-order valence-corrected chi connectivity index (χ3v) is 3.18. The summed E-state index contributed by atoms with van der Waals surface area (Å²) in [5.41, 5.74) is 0. The maximum absolute atomic E-state index is 10.2. The summed E-state index contributed by atoms with van der Waals surface area (Å²) in [6.45, 7) is 1.98. The average molecular weight is 226 g/mol. The highest BCUT2D eigenvalue weighted by Crippen LogP contribution is 2.43. The lowest BCUT2D eigenvalue weighted by Crippen LogP contribution is -1.93. The first-order valence-electron chi connectivity index (χ1n) is 5.40. The van der Waals surface area contributed by atoms with Crippen LogP contribution in [0, 0.1) is 11.8 Å². The number of carbonyl (C=O) groups is 1. The molecule has 1 rings (SSSR count). The van der Waals surface area contributed by atoms with Gasteiger partial charge in [0.05, 0.1) is 6.10 Å². The first-order valence-corrected chi connectivity index (χ1v) is 5.87. The second-order valence-electron chi connectivity index (χ2n) is 4.05. The summed E-state index contributed by atoms with van der Waals surface area (Å²) >= 11 is 0.